The zero-order valence-corrected chi connectivity index (χ0v) is 15.6. The van der Waals surface area contributed by atoms with Crippen LogP contribution in [0.25, 0.3) is 11.1 Å². The van der Waals surface area contributed by atoms with Crippen LogP contribution in [0.3, 0.4) is 0 Å². The number of carbonyl (C=O) groups excluding carboxylic acids is 1. The largest absolute Gasteiger partial charge is 0.444 e. The Balaban J connectivity index is 1.87. The summed E-state index contributed by atoms with van der Waals surface area (Å²) in [5.41, 5.74) is 2.61. The van der Waals surface area contributed by atoms with Gasteiger partial charge in [-0.05, 0) is 37.5 Å². The van der Waals surface area contributed by atoms with Crippen molar-refractivity contribution >= 4 is 6.09 Å². The monoisotopic (exact) mass is 354 g/mol. The molecular formula is C21H26N2O3. The molecule has 1 saturated heterocycles. The predicted octanol–water partition coefficient (Wildman–Crippen LogP) is 4.34. The average molecular weight is 354 g/mol. The van der Waals surface area contributed by atoms with Crippen LogP contribution in [0.15, 0.2) is 54.6 Å². The fourth-order valence-corrected chi connectivity index (χ4v) is 3.19. The Bertz CT molecular complexity index is 755. The Hall–Kier alpha value is -2.37. The van der Waals surface area contributed by atoms with Crippen LogP contribution in [0.4, 0.5) is 4.79 Å². The molecule has 2 aromatic rings. The number of carbonyl (C=O) groups is 1. The minimum absolute atomic E-state index is 0.298. The Morgan fingerprint density at radius 1 is 1.04 bits per heavy atom. The van der Waals surface area contributed by atoms with Crippen LogP contribution >= 0.6 is 0 Å². The molecule has 0 radical (unpaired) electrons. The fraction of sp³-hybridized carbons (Fsp3) is 0.381. The standard InChI is InChI=1S/C21H26N2O3/c1-21(2,3)26-20(24)22-13-14-23(25)19(15-22)18-12-8-7-11-17(18)16-9-5-4-6-10-16/h4-12,19,25H,13-15H2,1-3H3. The van der Waals surface area contributed by atoms with Gasteiger partial charge in [-0.25, -0.2) is 4.79 Å². The Morgan fingerprint density at radius 3 is 2.38 bits per heavy atom. The zero-order valence-electron chi connectivity index (χ0n) is 15.6. The lowest BCUT2D eigenvalue weighted by molar-refractivity contribution is -0.155. The highest BCUT2D eigenvalue weighted by Gasteiger charge is 2.33. The molecule has 0 bridgehead atoms. The Kier molecular flexibility index (Phi) is 5.30. The molecular weight excluding hydrogens is 328 g/mol. The van der Waals surface area contributed by atoms with E-state index in [1.165, 1.54) is 5.06 Å². The lowest BCUT2D eigenvalue weighted by Gasteiger charge is -2.39. The van der Waals surface area contributed by atoms with E-state index in [1.807, 2.05) is 63.2 Å². The molecule has 5 nitrogen and oxygen atoms in total. The van der Waals surface area contributed by atoms with Crippen LogP contribution < -0.4 is 0 Å². The molecule has 1 unspecified atom stereocenters. The molecule has 1 heterocycles. The molecule has 1 N–H and O–H groups in total. The number of ether oxygens (including phenoxy) is 1. The molecule has 0 aromatic heterocycles. The van der Waals surface area contributed by atoms with Gasteiger partial charge in [0.15, 0.2) is 0 Å². The summed E-state index contributed by atoms with van der Waals surface area (Å²) in [5.74, 6) is 0. The van der Waals surface area contributed by atoms with E-state index < -0.39 is 5.60 Å². The molecule has 26 heavy (non-hydrogen) atoms. The van der Waals surface area contributed by atoms with Crippen LogP contribution in [0.2, 0.25) is 0 Å². The summed E-state index contributed by atoms with van der Waals surface area (Å²) in [6.45, 7) is 6.78. The van der Waals surface area contributed by atoms with Crippen molar-refractivity contribution in [2.75, 3.05) is 19.6 Å². The van der Waals surface area contributed by atoms with Crippen LogP contribution in [0.1, 0.15) is 32.4 Å². The maximum Gasteiger partial charge on any atom is 0.410 e. The lowest BCUT2D eigenvalue weighted by atomic mass is 9.93. The SMILES string of the molecule is CC(C)(C)OC(=O)N1CCN(O)C(c2ccccc2-c2ccccc2)C1. The van der Waals surface area contributed by atoms with Crippen molar-refractivity contribution in [2.45, 2.75) is 32.4 Å². The molecule has 0 saturated carbocycles. The van der Waals surface area contributed by atoms with Gasteiger partial charge in [-0.1, -0.05) is 54.6 Å². The number of amides is 1. The van der Waals surface area contributed by atoms with Gasteiger partial charge in [0.2, 0.25) is 0 Å². The van der Waals surface area contributed by atoms with E-state index in [1.54, 1.807) is 4.90 Å². The molecule has 2 aromatic carbocycles. The van der Waals surface area contributed by atoms with Crippen molar-refractivity contribution in [3.05, 3.63) is 60.2 Å². The van der Waals surface area contributed by atoms with Gasteiger partial charge < -0.3 is 14.8 Å². The first kappa shape index (κ1) is 18.4. The maximum atomic E-state index is 12.5. The first-order valence-electron chi connectivity index (χ1n) is 8.93. The molecule has 138 valence electrons. The van der Waals surface area contributed by atoms with E-state index >= 15 is 0 Å². The highest BCUT2D eigenvalue weighted by Crippen LogP contribution is 2.33. The molecule has 0 aliphatic carbocycles. The Morgan fingerprint density at radius 2 is 1.69 bits per heavy atom. The van der Waals surface area contributed by atoms with Crippen LogP contribution in [-0.4, -0.2) is 46.5 Å². The molecule has 1 amide bonds. The topological polar surface area (TPSA) is 53.0 Å². The molecule has 1 aliphatic heterocycles. The highest BCUT2D eigenvalue weighted by molar-refractivity contribution is 5.70. The summed E-state index contributed by atoms with van der Waals surface area (Å²) in [5, 5.41) is 11.8. The summed E-state index contributed by atoms with van der Waals surface area (Å²) < 4.78 is 5.50. The normalized spacial score (nSPS) is 18.6. The van der Waals surface area contributed by atoms with E-state index in [0.29, 0.717) is 19.6 Å². The number of rotatable bonds is 2. The summed E-state index contributed by atoms with van der Waals surface area (Å²) in [4.78, 5) is 14.1. The first-order chi connectivity index (χ1) is 12.3. The highest BCUT2D eigenvalue weighted by atomic mass is 16.6. The quantitative estimate of drug-likeness (QED) is 0.872. The summed E-state index contributed by atoms with van der Waals surface area (Å²) in [7, 11) is 0. The number of hydroxylamine groups is 2. The third-order valence-corrected chi connectivity index (χ3v) is 4.41. The van der Waals surface area contributed by atoms with Crippen molar-refractivity contribution in [1.29, 1.82) is 0 Å². The van der Waals surface area contributed by atoms with Crippen LogP contribution in [0.5, 0.6) is 0 Å². The van der Waals surface area contributed by atoms with Gasteiger partial charge in [-0.2, -0.15) is 5.06 Å². The van der Waals surface area contributed by atoms with E-state index in [0.717, 1.165) is 16.7 Å². The third-order valence-electron chi connectivity index (χ3n) is 4.41. The van der Waals surface area contributed by atoms with E-state index in [9.17, 15) is 10.0 Å². The van der Waals surface area contributed by atoms with Crippen molar-refractivity contribution in [1.82, 2.24) is 9.96 Å². The maximum absolute atomic E-state index is 12.5. The molecule has 5 heteroatoms. The van der Waals surface area contributed by atoms with Crippen molar-refractivity contribution in [3.8, 4) is 11.1 Å². The van der Waals surface area contributed by atoms with E-state index in [2.05, 4.69) is 12.1 Å². The third kappa shape index (κ3) is 4.23. The molecule has 3 rings (SSSR count). The summed E-state index contributed by atoms with van der Waals surface area (Å²) in [6, 6.07) is 17.8. The summed E-state index contributed by atoms with van der Waals surface area (Å²) >= 11 is 0. The second-order valence-corrected chi connectivity index (χ2v) is 7.56. The van der Waals surface area contributed by atoms with Crippen molar-refractivity contribution < 1.29 is 14.7 Å². The fourth-order valence-electron chi connectivity index (χ4n) is 3.19. The number of benzene rings is 2. The Labute approximate surface area is 154 Å². The average Bonchev–Trinajstić information content (AvgIpc) is 2.61. The molecule has 0 spiro atoms. The van der Waals surface area contributed by atoms with Crippen LogP contribution in [0, 0.1) is 0 Å². The predicted molar refractivity (Wildman–Crippen MR) is 101 cm³/mol. The zero-order chi connectivity index (χ0) is 18.7. The second-order valence-electron chi connectivity index (χ2n) is 7.56. The van der Waals surface area contributed by atoms with Gasteiger partial charge in [-0.15, -0.1) is 0 Å². The number of piperazine rings is 1. The minimum Gasteiger partial charge on any atom is -0.444 e. The van der Waals surface area contributed by atoms with Gasteiger partial charge in [0.1, 0.15) is 5.60 Å². The van der Waals surface area contributed by atoms with Gasteiger partial charge in [-0.3, -0.25) is 0 Å². The van der Waals surface area contributed by atoms with Crippen molar-refractivity contribution in [3.63, 3.8) is 0 Å². The van der Waals surface area contributed by atoms with Crippen molar-refractivity contribution in [2.24, 2.45) is 0 Å². The van der Waals surface area contributed by atoms with Gasteiger partial charge in [0.25, 0.3) is 0 Å². The second kappa shape index (κ2) is 7.48. The van der Waals surface area contributed by atoms with E-state index in [-0.39, 0.29) is 12.1 Å². The van der Waals surface area contributed by atoms with E-state index in [4.69, 9.17) is 4.74 Å². The summed E-state index contributed by atoms with van der Waals surface area (Å²) in [6.07, 6.45) is -0.340. The smallest absolute Gasteiger partial charge is 0.410 e. The lowest BCUT2D eigenvalue weighted by Crippen LogP contribution is -2.50. The first-order valence-corrected chi connectivity index (χ1v) is 8.93. The van der Waals surface area contributed by atoms with Crippen LogP contribution in [-0.2, 0) is 4.74 Å². The van der Waals surface area contributed by atoms with Gasteiger partial charge in [0.05, 0.1) is 6.04 Å². The number of hydrogen-bond acceptors (Lipinski definition) is 4. The minimum atomic E-state index is -0.537. The number of nitrogens with zero attached hydrogens (tertiary/aromatic N) is 2. The molecule has 1 fully saturated rings. The molecule has 1 atom stereocenters. The molecule has 1 aliphatic rings. The van der Waals surface area contributed by atoms with Gasteiger partial charge >= 0.3 is 6.09 Å². The van der Waals surface area contributed by atoms with Gasteiger partial charge in [0, 0.05) is 19.6 Å². The number of hydrogen-bond donors (Lipinski definition) is 1.